The molecule has 0 heterocycles. The quantitative estimate of drug-likeness (QED) is 0.462. The Morgan fingerprint density at radius 1 is 1.36 bits per heavy atom. The molecule has 3 heteroatoms. The molecule has 62 valence electrons. The van der Waals surface area contributed by atoms with Crippen LogP contribution in [0.5, 0.6) is 0 Å². The predicted molar refractivity (Wildman–Crippen MR) is 45.4 cm³/mol. The average molecular weight is 169 g/mol. The van der Waals surface area contributed by atoms with Gasteiger partial charge in [-0.1, -0.05) is 19.8 Å². The Morgan fingerprint density at radius 3 is 2.09 bits per heavy atom. The summed E-state index contributed by atoms with van der Waals surface area (Å²) in [6, 6.07) is 0. The molecule has 2 nitrogen and oxygen atoms in total. The number of rotatable bonds is 4. The van der Waals surface area contributed by atoms with Crippen LogP contribution in [-0.2, 0) is 4.79 Å². The summed E-state index contributed by atoms with van der Waals surface area (Å²) in [4.78, 5) is 9.76. The zero-order chi connectivity index (χ0) is 9.11. The first-order valence-electron chi connectivity index (χ1n) is 4.18. The molecule has 0 aliphatic rings. The Bertz CT molecular complexity index is 84.2. The first-order chi connectivity index (χ1) is 5.18. The first-order valence-corrected chi connectivity index (χ1v) is 5.18. The number of carbonyl (C=O) groups is 1. The molecule has 0 aromatic rings. The predicted octanol–water partition coefficient (Wildman–Crippen LogP) is 0.910. The minimum absolute atomic E-state index is 0.216. The van der Waals surface area contributed by atoms with Gasteiger partial charge in [0, 0.05) is 5.97 Å². The molecular weight excluding hydrogens is 152 g/mol. The molecule has 0 bridgehead atoms. The van der Waals surface area contributed by atoms with E-state index in [-0.39, 0.29) is 6.42 Å². The Kier molecular flexibility index (Phi) is 16.2. The third-order valence-corrected chi connectivity index (χ3v) is 0.984. The van der Waals surface area contributed by atoms with E-state index in [1.165, 1.54) is 4.55 Å². The van der Waals surface area contributed by atoms with E-state index in [1.807, 2.05) is 28.6 Å². The molecule has 0 saturated heterocycles. The second-order valence-electron chi connectivity index (χ2n) is 2.33. The van der Waals surface area contributed by atoms with Crippen LogP contribution in [0.2, 0.25) is 4.55 Å². The van der Waals surface area contributed by atoms with Gasteiger partial charge in [0.25, 0.3) is 0 Å². The van der Waals surface area contributed by atoms with Crippen molar-refractivity contribution < 1.29 is 9.90 Å². The maximum atomic E-state index is 9.76. The van der Waals surface area contributed by atoms with E-state index in [1.54, 1.807) is 0 Å². The zero-order valence-corrected chi connectivity index (χ0v) is 8.97. The van der Waals surface area contributed by atoms with E-state index in [9.17, 15) is 9.90 Å². The van der Waals surface area contributed by atoms with Crippen LogP contribution < -0.4 is 5.11 Å². The van der Waals surface area contributed by atoms with E-state index in [2.05, 4.69) is 6.92 Å². The van der Waals surface area contributed by atoms with E-state index >= 15 is 0 Å². The number of hydrogen-bond donors (Lipinski definition) is 0. The molecule has 0 aromatic heterocycles. The molecule has 0 fully saturated rings. The second-order valence-corrected chi connectivity index (χ2v) is 3.33. The summed E-state index contributed by atoms with van der Waals surface area (Å²) in [5.74, 6) is -0.932. The molecule has 0 amide bonds. The molecule has 0 unspecified atom stereocenters. The summed E-state index contributed by atoms with van der Waals surface area (Å²) < 4.78 is 1.28. The maximum absolute atomic E-state index is 9.76. The van der Waals surface area contributed by atoms with E-state index in [0.29, 0.717) is 0 Å². The Hall–Kier alpha value is 0.236. The van der Waals surface area contributed by atoms with Crippen molar-refractivity contribution in [1.29, 1.82) is 0 Å². The van der Waals surface area contributed by atoms with Crippen LogP contribution in [0.1, 0.15) is 39.5 Å². The van der Waals surface area contributed by atoms with Crippen LogP contribution in [0.25, 0.3) is 0 Å². The van der Waals surface area contributed by atoms with E-state index in [4.69, 9.17) is 0 Å². The monoisotopic (exact) mass is 168 g/mol. The van der Waals surface area contributed by atoms with Crippen LogP contribution >= 0.6 is 0 Å². The van der Waals surface area contributed by atoms with Gasteiger partial charge in [0.2, 0.25) is 0 Å². The van der Waals surface area contributed by atoms with Crippen LogP contribution in [0, 0.1) is 0 Å². The molecule has 0 spiro atoms. The van der Waals surface area contributed by atoms with Gasteiger partial charge in [-0.3, -0.25) is 0 Å². The molecule has 0 aliphatic heterocycles. The van der Waals surface area contributed by atoms with E-state index in [0.717, 1.165) is 19.3 Å². The normalized spacial score (nSPS) is 8.36. The van der Waals surface area contributed by atoms with Crippen molar-refractivity contribution in [3.8, 4) is 0 Å². The Labute approximate surface area is 81.8 Å². The molecule has 0 atom stereocenters. The van der Waals surface area contributed by atoms with Crippen LogP contribution in [0.3, 0.4) is 0 Å². The van der Waals surface area contributed by atoms with Crippen molar-refractivity contribution in [2.24, 2.45) is 0 Å². The average Bonchev–Trinajstić information content (AvgIpc) is 1.89. The third-order valence-electron chi connectivity index (χ3n) is 0.984. The van der Waals surface area contributed by atoms with Crippen molar-refractivity contribution in [3.05, 3.63) is 0 Å². The molecule has 0 saturated carbocycles. The number of unbranched alkanes of at least 4 members (excludes halogenated alkanes) is 2. The van der Waals surface area contributed by atoms with Crippen molar-refractivity contribution >= 4 is 27.7 Å². The van der Waals surface area contributed by atoms with Crippen molar-refractivity contribution in [2.45, 2.75) is 44.1 Å². The molecular formula is C8H16MgO2. The van der Waals surface area contributed by atoms with Crippen LogP contribution in [0.4, 0.5) is 0 Å². The Morgan fingerprint density at radius 2 is 1.82 bits per heavy atom. The van der Waals surface area contributed by atoms with Gasteiger partial charge >= 0.3 is 33.2 Å². The van der Waals surface area contributed by atoms with Gasteiger partial charge in [-0.25, -0.2) is 0 Å². The van der Waals surface area contributed by atoms with Crippen molar-refractivity contribution in [3.63, 3.8) is 0 Å². The minimum atomic E-state index is -0.932. The topological polar surface area (TPSA) is 40.1 Å². The van der Waals surface area contributed by atoms with Gasteiger partial charge in [-0.15, -0.1) is 0 Å². The summed E-state index contributed by atoms with van der Waals surface area (Å²) in [7, 11) is 0. The van der Waals surface area contributed by atoms with Gasteiger partial charge in [-0.05, 0) is 12.8 Å². The molecule has 0 aliphatic carbocycles. The summed E-state index contributed by atoms with van der Waals surface area (Å²) >= 11 is 1.97. The number of hydrogen-bond acceptors (Lipinski definition) is 2. The van der Waals surface area contributed by atoms with Crippen molar-refractivity contribution in [1.82, 2.24) is 0 Å². The van der Waals surface area contributed by atoms with Crippen molar-refractivity contribution in [2.75, 3.05) is 0 Å². The number of carboxylic acids is 1. The summed E-state index contributed by atoms with van der Waals surface area (Å²) in [6.45, 7) is 4.17. The van der Waals surface area contributed by atoms with Gasteiger partial charge in [0.05, 0.1) is 0 Å². The standard InChI is InChI=1S/C6H12O2.C2H5.Mg/c1-2-3-4-5-6(7)8;1-2;/h2-5H2,1H3,(H,7,8);1H2,2H3;/q;;+1/p-1. The fourth-order valence-corrected chi connectivity index (χ4v) is 0.519. The first kappa shape index (κ1) is 13.8. The second kappa shape index (κ2) is 12.9. The molecule has 0 rings (SSSR count). The number of carbonyl (C=O) groups excluding carboxylic acids is 1. The number of aliphatic carboxylic acids is 1. The fraction of sp³-hybridized carbons (Fsp3) is 0.875. The number of carboxylic acid groups (broad SMARTS) is 1. The summed E-state index contributed by atoms with van der Waals surface area (Å²) in [5.41, 5.74) is 0. The van der Waals surface area contributed by atoms with E-state index < -0.39 is 5.97 Å². The molecule has 0 radical (unpaired) electrons. The Balaban J connectivity index is 0. The van der Waals surface area contributed by atoms with Crippen LogP contribution in [0.15, 0.2) is 0 Å². The SMILES string of the molecule is CCCCCC(=O)[O-].C[CH2][Mg+]. The molecule has 0 aromatic carbocycles. The summed E-state index contributed by atoms with van der Waals surface area (Å²) in [5, 5.41) is 9.76. The third kappa shape index (κ3) is 25.3. The zero-order valence-electron chi connectivity index (χ0n) is 7.56. The molecule has 11 heavy (non-hydrogen) atoms. The molecule has 0 N–H and O–H groups in total. The van der Waals surface area contributed by atoms with Gasteiger partial charge in [0.1, 0.15) is 0 Å². The van der Waals surface area contributed by atoms with Gasteiger partial charge in [0.15, 0.2) is 0 Å². The fourth-order valence-electron chi connectivity index (χ4n) is 0.519. The van der Waals surface area contributed by atoms with Crippen LogP contribution in [-0.4, -0.2) is 27.7 Å². The van der Waals surface area contributed by atoms with Gasteiger partial charge < -0.3 is 9.90 Å². The van der Waals surface area contributed by atoms with Gasteiger partial charge in [-0.2, -0.15) is 0 Å². The summed E-state index contributed by atoms with van der Waals surface area (Å²) in [6.07, 6.45) is 3.04.